The van der Waals surface area contributed by atoms with E-state index in [0.717, 1.165) is 17.7 Å². The SMILES string of the molecule is Cc1ccnc2nc(C(=O)N[C@H](C)c3ccc(CC(C)C)cc3)nn12. The van der Waals surface area contributed by atoms with Crippen LogP contribution in [0.3, 0.4) is 0 Å². The van der Waals surface area contributed by atoms with Gasteiger partial charge in [0.25, 0.3) is 11.7 Å². The Bertz CT molecular complexity index is 882. The summed E-state index contributed by atoms with van der Waals surface area (Å²) in [5.41, 5.74) is 3.24. The van der Waals surface area contributed by atoms with Gasteiger partial charge in [0, 0.05) is 11.9 Å². The summed E-state index contributed by atoms with van der Waals surface area (Å²) in [7, 11) is 0. The van der Waals surface area contributed by atoms with Crippen LogP contribution in [0, 0.1) is 12.8 Å². The van der Waals surface area contributed by atoms with Crippen LogP contribution in [0.15, 0.2) is 36.5 Å². The Morgan fingerprint density at radius 2 is 1.88 bits per heavy atom. The summed E-state index contributed by atoms with van der Waals surface area (Å²) in [6, 6.07) is 10.1. The molecule has 0 radical (unpaired) electrons. The van der Waals surface area contributed by atoms with E-state index in [2.05, 4.69) is 58.5 Å². The minimum atomic E-state index is -0.302. The fourth-order valence-corrected chi connectivity index (χ4v) is 2.76. The van der Waals surface area contributed by atoms with Gasteiger partial charge in [-0.2, -0.15) is 4.98 Å². The smallest absolute Gasteiger partial charge is 0.291 e. The van der Waals surface area contributed by atoms with Gasteiger partial charge in [-0.3, -0.25) is 4.79 Å². The summed E-state index contributed by atoms with van der Waals surface area (Å²) in [6.45, 7) is 8.26. The van der Waals surface area contributed by atoms with Crippen molar-refractivity contribution in [2.45, 2.75) is 40.2 Å². The van der Waals surface area contributed by atoms with Crippen molar-refractivity contribution in [3.8, 4) is 0 Å². The normalized spacial score (nSPS) is 12.5. The Hall–Kier alpha value is -2.76. The molecule has 3 rings (SSSR count). The third-order valence-electron chi connectivity index (χ3n) is 4.10. The Balaban J connectivity index is 1.72. The minimum Gasteiger partial charge on any atom is -0.343 e. The third-order valence-corrected chi connectivity index (χ3v) is 4.10. The number of carbonyl (C=O) groups excluding carboxylic acids is 1. The average molecular weight is 337 g/mol. The quantitative estimate of drug-likeness (QED) is 0.776. The number of benzene rings is 1. The molecule has 0 fully saturated rings. The number of aromatic nitrogens is 4. The minimum absolute atomic E-state index is 0.124. The number of carbonyl (C=O) groups is 1. The summed E-state index contributed by atoms with van der Waals surface area (Å²) in [5, 5.41) is 7.18. The predicted octanol–water partition coefficient (Wildman–Crippen LogP) is 3.12. The van der Waals surface area contributed by atoms with Gasteiger partial charge in [0.2, 0.25) is 5.82 Å². The van der Waals surface area contributed by atoms with Crippen LogP contribution in [0.5, 0.6) is 0 Å². The van der Waals surface area contributed by atoms with Gasteiger partial charge >= 0.3 is 0 Å². The molecule has 0 saturated heterocycles. The van der Waals surface area contributed by atoms with Crippen molar-refractivity contribution in [3.05, 3.63) is 59.2 Å². The van der Waals surface area contributed by atoms with E-state index in [-0.39, 0.29) is 17.8 Å². The molecule has 6 nitrogen and oxygen atoms in total. The molecule has 6 heteroatoms. The molecule has 1 atom stereocenters. The van der Waals surface area contributed by atoms with E-state index in [1.165, 1.54) is 5.56 Å². The fraction of sp³-hybridized carbons (Fsp3) is 0.368. The lowest BCUT2D eigenvalue weighted by Gasteiger charge is -2.14. The molecule has 1 amide bonds. The molecule has 0 aliphatic heterocycles. The number of hydrogen-bond acceptors (Lipinski definition) is 4. The number of fused-ring (bicyclic) bond motifs is 1. The number of nitrogens with zero attached hydrogens (tertiary/aromatic N) is 4. The molecule has 2 aromatic heterocycles. The molecular weight excluding hydrogens is 314 g/mol. The van der Waals surface area contributed by atoms with Crippen molar-refractivity contribution in [1.82, 2.24) is 24.9 Å². The zero-order chi connectivity index (χ0) is 18.0. The van der Waals surface area contributed by atoms with Gasteiger partial charge in [-0.1, -0.05) is 38.1 Å². The summed E-state index contributed by atoms with van der Waals surface area (Å²) in [5.74, 6) is 0.880. The van der Waals surface area contributed by atoms with Crippen LogP contribution in [-0.4, -0.2) is 25.5 Å². The largest absolute Gasteiger partial charge is 0.343 e. The monoisotopic (exact) mass is 337 g/mol. The Kier molecular flexibility index (Phi) is 4.79. The molecule has 0 bridgehead atoms. The predicted molar refractivity (Wildman–Crippen MR) is 96.4 cm³/mol. The lowest BCUT2D eigenvalue weighted by Crippen LogP contribution is -2.27. The molecule has 0 aliphatic rings. The van der Waals surface area contributed by atoms with Crippen LogP contribution < -0.4 is 5.32 Å². The Labute approximate surface area is 147 Å². The second-order valence-electron chi connectivity index (χ2n) is 6.77. The zero-order valence-corrected chi connectivity index (χ0v) is 15.0. The van der Waals surface area contributed by atoms with Gasteiger partial charge in [-0.05, 0) is 43.4 Å². The van der Waals surface area contributed by atoms with Gasteiger partial charge in [0.1, 0.15) is 0 Å². The number of nitrogens with one attached hydrogen (secondary N) is 1. The maximum atomic E-state index is 12.4. The summed E-state index contributed by atoms with van der Waals surface area (Å²) in [4.78, 5) is 20.8. The molecule has 1 aromatic carbocycles. The fourth-order valence-electron chi connectivity index (χ4n) is 2.76. The van der Waals surface area contributed by atoms with Crippen molar-refractivity contribution >= 4 is 11.7 Å². The molecule has 1 N–H and O–H groups in total. The van der Waals surface area contributed by atoms with Crippen molar-refractivity contribution in [1.29, 1.82) is 0 Å². The van der Waals surface area contributed by atoms with Gasteiger partial charge in [-0.15, -0.1) is 5.10 Å². The van der Waals surface area contributed by atoms with Gasteiger partial charge < -0.3 is 5.32 Å². The van der Waals surface area contributed by atoms with E-state index in [4.69, 9.17) is 0 Å². The molecule has 2 heterocycles. The summed E-state index contributed by atoms with van der Waals surface area (Å²) >= 11 is 0. The highest BCUT2D eigenvalue weighted by molar-refractivity contribution is 5.91. The van der Waals surface area contributed by atoms with E-state index in [9.17, 15) is 4.79 Å². The van der Waals surface area contributed by atoms with E-state index >= 15 is 0 Å². The Morgan fingerprint density at radius 3 is 2.52 bits per heavy atom. The molecule has 0 saturated carbocycles. The summed E-state index contributed by atoms with van der Waals surface area (Å²) in [6.07, 6.45) is 2.71. The molecule has 0 aliphatic carbocycles. The highest BCUT2D eigenvalue weighted by Gasteiger charge is 2.17. The van der Waals surface area contributed by atoms with Crippen LogP contribution >= 0.6 is 0 Å². The first-order valence-electron chi connectivity index (χ1n) is 8.52. The van der Waals surface area contributed by atoms with E-state index in [1.54, 1.807) is 10.7 Å². The topological polar surface area (TPSA) is 72.2 Å². The first kappa shape index (κ1) is 17.1. The molecule has 25 heavy (non-hydrogen) atoms. The lowest BCUT2D eigenvalue weighted by atomic mass is 10.00. The molecule has 3 aromatic rings. The van der Waals surface area contributed by atoms with Crippen LogP contribution in [0.25, 0.3) is 5.78 Å². The first-order chi connectivity index (χ1) is 11.9. The van der Waals surface area contributed by atoms with E-state index < -0.39 is 0 Å². The van der Waals surface area contributed by atoms with Crippen LogP contribution in [0.2, 0.25) is 0 Å². The highest BCUT2D eigenvalue weighted by atomic mass is 16.2. The molecular formula is C19H23N5O. The highest BCUT2D eigenvalue weighted by Crippen LogP contribution is 2.16. The maximum absolute atomic E-state index is 12.4. The van der Waals surface area contributed by atoms with Gasteiger partial charge in [0.15, 0.2) is 0 Å². The Morgan fingerprint density at radius 1 is 1.16 bits per heavy atom. The molecule has 0 unspecified atom stereocenters. The first-order valence-corrected chi connectivity index (χ1v) is 8.52. The second-order valence-corrected chi connectivity index (χ2v) is 6.77. The third kappa shape index (κ3) is 3.84. The average Bonchev–Trinajstić information content (AvgIpc) is 3.01. The van der Waals surface area contributed by atoms with Crippen LogP contribution in [0.4, 0.5) is 0 Å². The van der Waals surface area contributed by atoms with Crippen molar-refractivity contribution in [3.63, 3.8) is 0 Å². The number of hydrogen-bond donors (Lipinski definition) is 1. The van der Waals surface area contributed by atoms with Crippen molar-refractivity contribution in [2.75, 3.05) is 0 Å². The summed E-state index contributed by atoms with van der Waals surface area (Å²) < 4.78 is 1.57. The standard InChI is InChI=1S/C19H23N5O/c1-12(2)11-15-5-7-16(8-6-15)14(4)21-18(25)17-22-19-20-10-9-13(3)24(19)23-17/h5-10,12,14H,11H2,1-4H3,(H,21,25)/t14-/m1/s1. The van der Waals surface area contributed by atoms with Crippen LogP contribution in [-0.2, 0) is 6.42 Å². The molecule has 130 valence electrons. The maximum Gasteiger partial charge on any atom is 0.291 e. The van der Waals surface area contributed by atoms with Crippen LogP contribution in [0.1, 0.15) is 54.3 Å². The number of aryl methyl sites for hydroxylation is 1. The van der Waals surface area contributed by atoms with Gasteiger partial charge in [-0.25, -0.2) is 9.50 Å². The van der Waals surface area contributed by atoms with Crippen molar-refractivity contribution in [2.24, 2.45) is 5.92 Å². The van der Waals surface area contributed by atoms with Crippen molar-refractivity contribution < 1.29 is 4.79 Å². The zero-order valence-electron chi connectivity index (χ0n) is 15.0. The lowest BCUT2D eigenvalue weighted by molar-refractivity contribution is 0.0929. The second kappa shape index (κ2) is 7.01. The van der Waals surface area contributed by atoms with E-state index in [1.807, 2.05) is 19.9 Å². The number of amides is 1. The van der Waals surface area contributed by atoms with E-state index in [0.29, 0.717) is 11.7 Å². The molecule has 0 spiro atoms. The number of rotatable bonds is 5. The van der Waals surface area contributed by atoms with Gasteiger partial charge in [0.05, 0.1) is 6.04 Å².